The maximum absolute atomic E-state index is 11.9. The van der Waals surface area contributed by atoms with E-state index in [1.54, 1.807) is 18.2 Å². The highest BCUT2D eigenvalue weighted by Crippen LogP contribution is 2.32. The van der Waals surface area contributed by atoms with Crippen LogP contribution in [-0.2, 0) is 0 Å². The van der Waals surface area contributed by atoms with Gasteiger partial charge in [-0.15, -0.1) is 0 Å². The highest BCUT2D eigenvalue weighted by molar-refractivity contribution is 5.99. The number of rotatable bonds is 2. The number of amides is 1. The summed E-state index contributed by atoms with van der Waals surface area (Å²) in [6.07, 6.45) is 1.47. The number of carbonyl (C=O) groups is 1. The second-order valence-electron chi connectivity index (χ2n) is 4.01. The van der Waals surface area contributed by atoms with Crippen LogP contribution in [-0.4, -0.2) is 11.6 Å². The monoisotopic (exact) mass is 220 g/mol. The van der Waals surface area contributed by atoms with Gasteiger partial charge in [-0.05, 0) is 18.2 Å². The smallest absolute Gasteiger partial charge is 0.258 e. The number of nitrogens with two attached hydrogens (primary N) is 1. The lowest BCUT2D eigenvalue weighted by atomic mass is 10.0. The Kier molecular flexibility index (Phi) is 2.50. The Labute approximate surface area is 94.8 Å². The van der Waals surface area contributed by atoms with Gasteiger partial charge in [0.2, 0.25) is 0 Å². The van der Waals surface area contributed by atoms with Gasteiger partial charge in [0.1, 0.15) is 5.75 Å². The van der Waals surface area contributed by atoms with Crippen molar-refractivity contribution in [3.8, 4) is 5.75 Å². The molecule has 0 aliphatic carbocycles. The van der Waals surface area contributed by atoms with E-state index in [2.05, 4.69) is 5.32 Å². The fourth-order valence-corrected chi connectivity index (χ4v) is 1.90. The van der Waals surface area contributed by atoms with Gasteiger partial charge < -0.3 is 15.8 Å². The summed E-state index contributed by atoms with van der Waals surface area (Å²) in [5, 5.41) is 2.90. The van der Waals surface area contributed by atoms with Crippen molar-refractivity contribution in [3.05, 3.63) is 23.8 Å². The van der Waals surface area contributed by atoms with Crippen LogP contribution in [0.4, 0.5) is 5.69 Å². The van der Waals surface area contributed by atoms with Crippen molar-refractivity contribution in [2.24, 2.45) is 0 Å². The zero-order chi connectivity index (χ0) is 11.8. The van der Waals surface area contributed by atoms with Gasteiger partial charge in [0.25, 0.3) is 5.91 Å². The first-order chi connectivity index (χ1) is 7.60. The highest BCUT2D eigenvalue weighted by Gasteiger charge is 2.36. The zero-order valence-electron chi connectivity index (χ0n) is 9.54. The van der Waals surface area contributed by atoms with Crippen LogP contribution in [0.5, 0.6) is 5.75 Å². The van der Waals surface area contributed by atoms with Crippen molar-refractivity contribution in [1.29, 1.82) is 0 Å². The summed E-state index contributed by atoms with van der Waals surface area (Å²) in [6, 6.07) is 5.14. The molecule has 1 aliphatic rings. The van der Waals surface area contributed by atoms with Gasteiger partial charge in [-0.1, -0.05) is 13.8 Å². The number of anilines is 1. The van der Waals surface area contributed by atoms with Gasteiger partial charge in [0, 0.05) is 18.5 Å². The van der Waals surface area contributed by atoms with Crippen molar-refractivity contribution >= 4 is 11.6 Å². The molecule has 0 bridgehead atoms. The predicted octanol–water partition coefficient (Wildman–Crippen LogP) is 1.91. The molecule has 16 heavy (non-hydrogen) atoms. The van der Waals surface area contributed by atoms with Crippen molar-refractivity contribution < 1.29 is 9.53 Å². The third-order valence-electron chi connectivity index (χ3n) is 3.04. The third kappa shape index (κ3) is 1.60. The summed E-state index contributed by atoms with van der Waals surface area (Å²) in [7, 11) is 0. The molecular weight excluding hydrogens is 204 g/mol. The molecule has 0 fully saturated rings. The van der Waals surface area contributed by atoms with Crippen LogP contribution in [0, 0.1) is 0 Å². The second kappa shape index (κ2) is 3.70. The van der Waals surface area contributed by atoms with E-state index in [9.17, 15) is 4.79 Å². The molecule has 1 aliphatic heterocycles. The third-order valence-corrected chi connectivity index (χ3v) is 3.04. The number of benzene rings is 1. The molecule has 2 rings (SSSR count). The number of hydrogen-bond donors (Lipinski definition) is 2. The lowest BCUT2D eigenvalue weighted by Crippen LogP contribution is -2.55. The molecule has 0 saturated heterocycles. The Morgan fingerprint density at radius 1 is 1.38 bits per heavy atom. The molecule has 4 heteroatoms. The van der Waals surface area contributed by atoms with Crippen molar-refractivity contribution in [2.75, 3.05) is 5.73 Å². The van der Waals surface area contributed by atoms with E-state index < -0.39 is 5.72 Å². The zero-order valence-corrected chi connectivity index (χ0v) is 9.54. The van der Waals surface area contributed by atoms with Crippen LogP contribution in [0.15, 0.2) is 18.2 Å². The molecule has 86 valence electrons. The number of fused-ring (bicyclic) bond motifs is 1. The van der Waals surface area contributed by atoms with Gasteiger partial charge in [-0.2, -0.15) is 0 Å². The average Bonchev–Trinajstić information content (AvgIpc) is 2.30. The Balaban J connectivity index is 2.44. The Hall–Kier alpha value is -1.71. The van der Waals surface area contributed by atoms with Crippen molar-refractivity contribution in [2.45, 2.75) is 32.4 Å². The van der Waals surface area contributed by atoms with E-state index in [1.165, 1.54) is 0 Å². The fraction of sp³-hybridized carbons (Fsp3) is 0.417. The topological polar surface area (TPSA) is 64.4 Å². The maximum atomic E-state index is 11.9. The number of nitrogens with one attached hydrogen (secondary N) is 1. The van der Waals surface area contributed by atoms with Gasteiger partial charge in [0.05, 0.1) is 5.56 Å². The van der Waals surface area contributed by atoms with Gasteiger partial charge in [-0.25, -0.2) is 0 Å². The number of ether oxygens (including phenoxy) is 1. The number of hydrogen-bond acceptors (Lipinski definition) is 3. The largest absolute Gasteiger partial charge is 0.467 e. The molecule has 1 amide bonds. The normalized spacial score (nSPS) is 17.2. The minimum absolute atomic E-state index is 0.114. The first kappa shape index (κ1) is 10.8. The molecular formula is C12H16N2O2. The first-order valence-electron chi connectivity index (χ1n) is 5.51. The maximum Gasteiger partial charge on any atom is 0.258 e. The van der Waals surface area contributed by atoms with Crippen molar-refractivity contribution in [3.63, 3.8) is 0 Å². The van der Waals surface area contributed by atoms with E-state index in [4.69, 9.17) is 10.5 Å². The Morgan fingerprint density at radius 2 is 2.06 bits per heavy atom. The Morgan fingerprint density at radius 3 is 2.69 bits per heavy atom. The molecule has 3 N–H and O–H groups in total. The van der Waals surface area contributed by atoms with Crippen molar-refractivity contribution in [1.82, 2.24) is 5.32 Å². The van der Waals surface area contributed by atoms with Crippen LogP contribution in [0.2, 0.25) is 0 Å². The molecule has 1 heterocycles. The molecule has 0 aromatic heterocycles. The van der Waals surface area contributed by atoms with Crippen LogP contribution in [0.3, 0.4) is 0 Å². The number of carbonyl (C=O) groups excluding carboxylic acids is 1. The van der Waals surface area contributed by atoms with Gasteiger partial charge in [-0.3, -0.25) is 4.79 Å². The molecule has 0 atom stereocenters. The number of nitrogen functional groups attached to an aromatic ring is 1. The molecule has 0 spiro atoms. The quantitative estimate of drug-likeness (QED) is 0.748. The summed E-state index contributed by atoms with van der Waals surface area (Å²) in [6.45, 7) is 3.98. The lowest BCUT2D eigenvalue weighted by molar-refractivity contribution is 0.0127. The first-order valence-corrected chi connectivity index (χ1v) is 5.51. The summed E-state index contributed by atoms with van der Waals surface area (Å²) in [5.74, 6) is 0.499. The highest BCUT2D eigenvalue weighted by atomic mass is 16.5. The second-order valence-corrected chi connectivity index (χ2v) is 4.01. The van der Waals surface area contributed by atoms with Gasteiger partial charge in [0.15, 0.2) is 5.72 Å². The van der Waals surface area contributed by atoms with Crippen LogP contribution >= 0.6 is 0 Å². The molecule has 0 radical (unpaired) electrons. The SMILES string of the molecule is CCC1(CC)NC(=O)c2cc(N)ccc2O1. The lowest BCUT2D eigenvalue weighted by Gasteiger charge is -2.37. The van der Waals surface area contributed by atoms with Gasteiger partial charge >= 0.3 is 0 Å². The average molecular weight is 220 g/mol. The summed E-state index contributed by atoms with van der Waals surface area (Å²) in [4.78, 5) is 11.9. The van der Waals surface area contributed by atoms with E-state index in [0.717, 1.165) is 12.8 Å². The molecule has 0 saturated carbocycles. The van der Waals surface area contributed by atoms with E-state index in [1.807, 2.05) is 13.8 Å². The predicted molar refractivity (Wildman–Crippen MR) is 62.3 cm³/mol. The summed E-state index contributed by atoms with van der Waals surface area (Å²) < 4.78 is 5.86. The van der Waals surface area contributed by atoms with Crippen LogP contribution in [0.1, 0.15) is 37.0 Å². The molecule has 1 aromatic carbocycles. The summed E-state index contributed by atoms with van der Waals surface area (Å²) in [5.41, 5.74) is 6.15. The van der Waals surface area contributed by atoms with E-state index in [-0.39, 0.29) is 5.91 Å². The molecule has 1 aromatic rings. The van der Waals surface area contributed by atoms with Crippen LogP contribution in [0.25, 0.3) is 0 Å². The molecule has 0 unspecified atom stereocenters. The summed E-state index contributed by atoms with van der Waals surface area (Å²) >= 11 is 0. The minimum atomic E-state index is -0.569. The van der Waals surface area contributed by atoms with Crippen LogP contribution < -0.4 is 15.8 Å². The van der Waals surface area contributed by atoms with E-state index >= 15 is 0 Å². The van der Waals surface area contributed by atoms with E-state index in [0.29, 0.717) is 17.0 Å². The molecule has 4 nitrogen and oxygen atoms in total. The standard InChI is InChI=1S/C12H16N2O2/c1-3-12(4-2)14-11(15)9-7-8(13)5-6-10(9)16-12/h5-7H,3-4,13H2,1-2H3,(H,14,15). The Bertz CT molecular complexity index is 425. The fourth-order valence-electron chi connectivity index (χ4n) is 1.90. The minimum Gasteiger partial charge on any atom is -0.467 e.